The summed E-state index contributed by atoms with van der Waals surface area (Å²) in [6.45, 7) is 2.25. The van der Waals surface area contributed by atoms with E-state index in [1.54, 1.807) is 6.20 Å². The molecule has 2 aromatic heterocycles. The molecule has 0 bridgehead atoms. The monoisotopic (exact) mass is 327 g/mol. The molecule has 0 aliphatic heterocycles. The third-order valence-electron chi connectivity index (χ3n) is 5.27. The fourth-order valence-corrected chi connectivity index (χ4v) is 4.23. The van der Waals surface area contributed by atoms with E-state index in [1.807, 2.05) is 22.7 Å². The van der Waals surface area contributed by atoms with Crippen LogP contribution in [0.2, 0.25) is 0 Å². The summed E-state index contributed by atoms with van der Waals surface area (Å²) in [5.74, 6) is 0. The van der Waals surface area contributed by atoms with Crippen LogP contribution in [0.1, 0.15) is 23.7 Å². The molecule has 1 atom stereocenters. The molecule has 2 aromatic carbocycles. The summed E-state index contributed by atoms with van der Waals surface area (Å²) in [4.78, 5) is 19.8. The van der Waals surface area contributed by atoms with E-state index >= 15 is 0 Å². The lowest BCUT2D eigenvalue weighted by atomic mass is 9.77. The molecule has 0 amide bonds. The van der Waals surface area contributed by atoms with E-state index in [1.165, 1.54) is 11.1 Å². The number of nitrogens with zero attached hydrogens (tertiary/aromatic N) is 2. The molecule has 1 N–H and O–H groups in total. The van der Waals surface area contributed by atoms with Crippen LogP contribution < -0.4 is 5.56 Å². The van der Waals surface area contributed by atoms with Gasteiger partial charge in [-0.15, -0.1) is 0 Å². The van der Waals surface area contributed by atoms with Crippen LogP contribution in [0.15, 0.2) is 71.8 Å². The Morgan fingerprint density at radius 2 is 1.84 bits per heavy atom. The molecule has 0 fully saturated rings. The topological polar surface area (TPSA) is 50.2 Å². The van der Waals surface area contributed by atoms with Gasteiger partial charge >= 0.3 is 0 Å². The quantitative estimate of drug-likeness (QED) is 0.612. The van der Waals surface area contributed by atoms with Crippen molar-refractivity contribution >= 4 is 5.65 Å². The van der Waals surface area contributed by atoms with E-state index in [9.17, 15) is 4.79 Å². The molecule has 4 nitrogen and oxygen atoms in total. The molecule has 0 saturated carbocycles. The van der Waals surface area contributed by atoms with Crippen molar-refractivity contribution in [2.45, 2.75) is 18.8 Å². The van der Waals surface area contributed by atoms with E-state index < -0.39 is 0 Å². The first-order valence-electron chi connectivity index (χ1n) is 8.42. The molecule has 1 aliphatic rings. The van der Waals surface area contributed by atoms with E-state index in [4.69, 9.17) is 0 Å². The fraction of sp³-hybridized carbons (Fsp3) is 0.143. The van der Waals surface area contributed by atoms with Crippen molar-refractivity contribution in [2.75, 3.05) is 0 Å². The number of hydrogen-bond donors (Lipinski definition) is 1. The van der Waals surface area contributed by atoms with Crippen LogP contribution in [0.25, 0.3) is 16.9 Å². The van der Waals surface area contributed by atoms with Gasteiger partial charge in [0.05, 0.1) is 11.4 Å². The number of aromatic nitrogens is 3. The first-order chi connectivity index (χ1) is 12.2. The van der Waals surface area contributed by atoms with Gasteiger partial charge in [0.1, 0.15) is 0 Å². The number of nitrogens with one attached hydrogen (secondary N) is 1. The van der Waals surface area contributed by atoms with Crippen LogP contribution in [-0.2, 0) is 11.8 Å². The van der Waals surface area contributed by atoms with Gasteiger partial charge in [-0.2, -0.15) is 0 Å². The van der Waals surface area contributed by atoms with Crippen molar-refractivity contribution in [3.63, 3.8) is 0 Å². The van der Waals surface area contributed by atoms with Gasteiger partial charge in [-0.05, 0) is 24.5 Å². The van der Waals surface area contributed by atoms with E-state index in [0.29, 0.717) is 5.65 Å². The minimum absolute atomic E-state index is 0.150. The number of fused-ring (bicyclic) bond motifs is 5. The average molecular weight is 327 g/mol. The minimum atomic E-state index is -0.240. The number of H-pyrrole nitrogens is 1. The molecule has 4 heteroatoms. The van der Waals surface area contributed by atoms with Crippen LogP contribution in [0.5, 0.6) is 0 Å². The lowest BCUT2D eigenvalue weighted by Crippen LogP contribution is -2.28. The first kappa shape index (κ1) is 14.2. The normalized spacial score (nSPS) is 18.3. The molecule has 1 unspecified atom stereocenters. The van der Waals surface area contributed by atoms with Crippen molar-refractivity contribution in [3.05, 3.63) is 94.2 Å². The average Bonchev–Trinajstić information content (AvgIpc) is 3.20. The van der Waals surface area contributed by atoms with Crippen molar-refractivity contribution in [1.29, 1.82) is 0 Å². The third-order valence-corrected chi connectivity index (χ3v) is 5.27. The van der Waals surface area contributed by atoms with Crippen LogP contribution in [-0.4, -0.2) is 14.4 Å². The van der Waals surface area contributed by atoms with E-state index in [2.05, 4.69) is 59.4 Å². The van der Waals surface area contributed by atoms with Crippen LogP contribution in [0.4, 0.5) is 0 Å². The summed E-state index contributed by atoms with van der Waals surface area (Å²) in [5, 5.41) is 0. The second kappa shape index (κ2) is 4.93. The number of aromatic amines is 1. The standard InChI is InChI=1S/C21H17N3O/c1-21(13-14-7-3-2-4-8-14)16-10-6-5-9-15(16)17-18(21)24-12-11-22-19(24)20(25)23-17/h2-12H,13H2,1H3,(H,23,25). The Kier molecular flexibility index (Phi) is 2.80. The van der Waals surface area contributed by atoms with Crippen molar-refractivity contribution in [1.82, 2.24) is 14.4 Å². The Labute approximate surface area is 144 Å². The predicted octanol–water partition coefficient (Wildman–Crippen LogP) is 3.55. The molecule has 0 radical (unpaired) electrons. The van der Waals surface area contributed by atoms with Gasteiger partial charge in [0.2, 0.25) is 5.65 Å². The Morgan fingerprint density at radius 1 is 1.08 bits per heavy atom. The van der Waals surface area contributed by atoms with Crippen molar-refractivity contribution < 1.29 is 0 Å². The lowest BCUT2D eigenvalue weighted by molar-refractivity contribution is 0.556. The minimum Gasteiger partial charge on any atom is -0.317 e. The molecule has 4 aromatic rings. The molecule has 0 spiro atoms. The highest BCUT2D eigenvalue weighted by Crippen LogP contribution is 2.48. The highest BCUT2D eigenvalue weighted by atomic mass is 16.1. The summed E-state index contributed by atoms with van der Waals surface area (Å²) >= 11 is 0. The van der Waals surface area contributed by atoms with Crippen LogP contribution in [0.3, 0.4) is 0 Å². The van der Waals surface area contributed by atoms with Gasteiger partial charge < -0.3 is 4.98 Å². The maximum absolute atomic E-state index is 12.4. The largest absolute Gasteiger partial charge is 0.317 e. The molecule has 5 rings (SSSR count). The maximum Gasteiger partial charge on any atom is 0.292 e. The van der Waals surface area contributed by atoms with Crippen LogP contribution in [0, 0.1) is 0 Å². The van der Waals surface area contributed by atoms with Gasteiger partial charge in [-0.25, -0.2) is 4.98 Å². The molecule has 25 heavy (non-hydrogen) atoms. The Bertz CT molecular complexity index is 1160. The highest BCUT2D eigenvalue weighted by molar-refractivity contribution is 5.78. The number of benzene rings is 2. The predicted molar refractivity (Wildman–Crippen MR) is 97.8 cm³/mol. The molecule has 2 heterocycles. The summed E-state index contributed by atoms with van der Waals surface area (Å²) < 4.78 is 1.96. The molecular formula is C21H17N3O. The van der Waals surface area contributed by atoms with Crippen molar-refractivity contribution in [2.24, 2.45) is 0 Å². The zero-order chi connectivity index (χ0) is 17.0. The smallest absolute Gasteiger partial charge is 0.292 e. The maximum atomic E-state index is 12.4. The zero-order valence-electron chi connectivity index (χ0n) is 13.9. The van der Waals surface area contributed by atoms with Gasteiger partial charge in [0, 0.05) is 23.4 Å². The summed E-state index contributed by atoms with van der Waals surface area (Å²) in [5.41, 5.74) is 5.68. The second-order valence-corrected chi connectivity index (χ2v) is 6.84. The molecule has 1 aliphatic carbocycles. The van der Waals surface area contributed by atoms with Gasteiger partial charge in [-0.1, -0.05) is 54.6 Å². The third kappa shape index (κ3) is 1.88. The van der Waals surface area contributed by atoms with Gasteiger partial charge in [0.25, 0.3) is 5.56 Å². The highest BCUT2D eigenvalue weighted by Gasteiger charge is 2.42. The van der Waals surface area contributed by atoms with Crippen LogP contribution >= 0.6 is 0 Å². The number of imidazole rings is 1. The number of rotatable bonds is 2. The summed E-state index contributed by atoms with van der Waals surface area (Å²) in [6, 6.07) is 18.8. The molecular weight excluding hydrogens is 310 g/mol. The zero-order valence-corrected chi connectivity index (χ0v) is 13.9. The summed E-state index contributed by atoms with van der Waals surface area (Å²) in [7, 11) is 0. The van der Waals surface area contributed by atoms with Crippen molar-refractivity contribution in [3.8, 4) is 11.3 Å². The fourth-order valence-electron chi connectivity index (χ4n) is 4.23. The SMILES string of the molecule is CC1(Cc2ccccc2)c2ccccc2-c2[nH]c(=O)c3nccn3c21. The Morgan fingerprint density at radius 3 is 2.68 bits per heavy atom. The Balaban J connectivity index is 1.86. The second-order valence-electron chi connectivity index (χ2n) is 6.84. The van der Waals surface area contributed by atoms with Gasteiger partial charge in [-0.3, -0.25) is 9.20 Å². The molecule has 0 saturated heterocycles. The van der Waals surface area contributed by atoms with Gasteiger partial charge in [0.15, 0.2) is 0 Å². The first-order valence-corrected chi connectivity index (χ1v) is 8.42. The Hall–Kier alpha value is -3.14. The molecule has 122 valence electrons. The lowest BCUT2D eigenvalue weighted by Gasteiger charge is -2.28. The van der Waals surface area contributed by atoms with E-state index in [-0.39, 0.29) is 11.0 Å². The number of hydrogen-bond acceptors (Lipinski definition) is 2. The van der Waals surface area contributed by atoms with E-state index in [0.717, 1.165) is 23.4 Å². The summed E-state index contributed by atoms with van der Waals surface area (Å²) in [6.07, 6.45) is 4.44.